The maximum atomic E-state index is 12.8. The van der Waals surface area contributed by atoms with Gasteiger partial charge < -0.3 is 15.2 Å². The molecule has 0 saturated carbocycles. The van der Waals surface area contributed by atoms with Gasteiger partial charge in [0.2, 0.25) is 11.7 Å². The molecule has 2 amide bonds. The summed E-state index contributed by atoms with van der Waals surface area (Å²) in [5.74, 6) is -0.304. The predicted molar refractivity (Wildman–Crippen MR) is 113 cm³/mol. The number of piperidine rings is 2. The number of nitrogens with two attached hydrogens (primary N) is 1. The van der Waals surface area contributed by atoms with E-state index in [2.05, 4.69) is 22.2 Å². The highest BCUT2D eigenvalue weighted by Gasteiger charge is 2.30. The minimum atomic E-state index is -0.351. The molecule has 2 aromatic rings. The largest absolute Gasteiger partial charge is 0.369 e. The molecule has 160 valence electrons. The highest BCUT2D eigenvalue weighted by molar-refractivity contribution is 6.30. The van der Waals surface area contributed by atoms with Crippen LogP contribution in [0.1, 0.15) is 53.4 Å². The molecule has 2 fully saturated rings. The van der Waals surface area contributed by atoms with Gasteiger partial charge in [-0.3, -0.25) is 14.5 Å². The first-order chi connectivity index (χ1) is 14.5. The van der Waals surface area contributed by atoms with Gasteiger partial charge in [-0.25, -0.2) is 0 Å². The first-order valence-electron chi connectivity index (χ1n) is 10.5. The molecule has 0 unspecified atom stereocenters. The summed E-state index contributed by atoms with van der Waals surface area (Å²) in [5.41, 5.74) is 7.51. The van der Waals surface area contributed by atoms with E-state index in [4.69, 9.17) is 21.9 Å². The number of hydrogen-bond donors (Lipinski definition) is 1. The average molecular weight is 431 g/mol. The average Bonchev–Trinajstić information content (AvgIpc) is 3.26. The lowest BCUT2D eigenvalue weighted by Crippen LogP contribution is -2.44. The molecule has 3 heterocycles. The third-order valence-electron chi connectivity index (χ3n) is 6.18. The third kappa shape index (κ3) is 4.84. The second-order valence-electron chi connectivity index (χ2n) is 8.29. The number of benzene rings is 1. The molecule has 7 nitrogen and oxygen atoms in total. The molecule has 30 heavy (non-hydrogen) atoms. The van der Waals surface area contributed by atoms with Crippen LogP contribution in [-0.4, -0.2) is 52.9 Å². The summed E-state index contributed by atoms with van der Waals surface area (Å²) in [5, 5.41) is 4.93. The Hall–Kier alpha value is -2.38. The Morgan fingerprint density at radius 3 is 2.57 bits per heavy atom. The van der Waals surface area contributed by atoms with Crippen molar-refractivity contribution in [3.63, 3.8) is 0 Å². The van der Waals surface area contributed by atoms with Crippen molar-refractivity contribution >= 4 is 23.4 Å². The van der Waals surface area contributed by atoms with Crippen molar-refractivity contribution in [1.82, 2.24) is 15.0 Å². The SMILES string of the molecule is NC(=O)[C@H]1CCCN(C(=O)c2cc(C3CCN(Cc4ccc(Cl)cc4)CC3)no2)C1. The van der Waals surface area contributed by atoms with Crippen LogP contribution in [0.2, 0.25) is 5.02 Å². The normalized spacial score (nSPS) is 21.0. The van der Waals surface area contributed by atoms with Crippen molar-refractivity contribution in [2.75, 3.05) is 26.2 Å². The molecule has 8 heteroatoms. The zero-order valence-electron chi connectivity index (χ0n) is 16.9. The van der Waals surface area contributed by atoms with E-state index in [0.717, 1.165) is 56.0 Å². The van der Waals surface area contributed by atoms with Crippen LogP contribution < -0.4 is 5.73 Å². The van der Waals surface area contributed by atoms with E-state index in [1.54, 1.807) is 11.0 Å². The molecular weight excluding hydrogens is 404 g/mol. The molecule has 0 radical (unpaired) electrons. The fourth-order valence-electron chi connectivity index (χ4n) is 4.37. The Labute approximate surface area is 181 Å². The zero-order chi connectivity index (χ0) is 21.1. The molecule has 4 rings (SSSR count). The quantitative estimate of drug-likeness (QED) is 0.786. The minimum absolute atomic E-state index is 0.208. The number of aromatic nitrogens is 1. The summed E-state index contributed by atoms with van der Waals surface area (Å²) in [6.07, 6.45) is 3.45. The molecule has 2 saturated heterocycles. The van der Waals surface area contributed by atoms with Crippen molar-refractivity contribution in [2.24, 2.45) is 11.7 Å². The number of hydrogen-bond acceptors (Lipinski definition) is 5. The summed E-state index contributed by atoms with van der Waals surface area (Å²) in [4.78, 5) is 28.3. The second kappa shape index (κ2) is 9.18. The molecule has 2 aliphatic heterocycles. The molecule has 0 spiro atoms. The number of rotatable bonds is 5. The summed E-state index contributed by atoms with van der Waals surface area (Å²) in [6.45, 7) is 3.81. The van der Waals surface area contributed by atoms with E-state index in [-0.39, 0.29) is 29.4 Å². The van der Waals surface area contributed by atoms with Gasteiger partial charge >= 0.3 is 0 Å². The fraction of sp³-hybridized carbons (Fsp3) is 0.500. The number of halogens is 1. The van der Waals surface area contributed by atoms with E-state index >= 15 is 0 Å². The lowest BCUT2D eigenvalue weighted by molar-refractivity contribution is -0.123. The van der Waals surface area contributed by atoms with E-state index < -0.39 is 0 Å². The lowest BCUT2D eigenvalue weighted by atomic mass is 9.93. The Morgan fingerprint density at radius 1 is 1.13 bits per heavy atom. The molecule has 1 aromatic carbocycles. The van der Waals surface area contributed by atoms with Gasteiger partial charge in [-0.2, -0.15) is 0 Å². The summed E-state index contributed by atoms with van der Waals surface area (Å²) in [6, 6.07) is 9.74. The van der Waals surface area contributed by atoms with Gasteiger partial charge in [0.15, 0.2) is 0 Å². The maximum absolute atomic E-state index is 12.8. The van der Waals surface area contributed by atoms with Gasteiger partial charge in [0.05, 0.1) is 11.6 Å². The predicted octanol–water partition coefficient (Wildman–Crippen LogP) is 3.05. The number of carbonyl (C=O) groups is 2. The van der Waals surface area contributed by atoms with Crippen molar-refractivity contribution in [3.05, 3.63) is 52.4 Å². The highest BCUT2D eigenvalue weighted by Crippen LogP contribution is 2.29. The smallest absolute Gasteiger partial charge is 0.292 e. The number of likely N-dealkylation sites (tertiary alicyclic amines) is 2. The van der Waals surface area contributed by atoms with Crippen molar-refractivity contribution in [2.45, 2.75) is 38.1 Å². The van der Waals surface area contributed by atoms with Crippen LogP contribution in [0.3, 0.4) is 0 Å². The summed E-state index contributed by atoms with van der Waals surface area (Å²) >= 11 is 5.96. The highest BCUT2D eigenvalue weighted by atomic mass is 35.5. The van der Waals surface area contributed by atoms with Crippen LogP contribution >= 0.6 is 11.6 Å². The first kappa shape index (κ1) is 20.9. The standard InChI is InChI=1S/C22H27ClN4O3/c23-18-5-3-15(4-6-18)13-26-10-7-16(8-11-26)19-12-20(30-25-19)22(29)27-9-1-2-17(14-27)21(24)28/h3-6,12,16-17H,1-2,7-11,13-14H2,(H2,24,28)/t17-/m0/s1. The number of amides is 2. The number of primary amides is 1. The number of carbonyl (C=O) groups excluding carboxylic acids is 2. The van der Waals surface area contributed by atoms with Gasteiger partial charge in [0.25, 0.3) is 5.91 Å². The van der Waals surface area contributed by atoms with Crippen LogP contribution in [0.25, 0.3) is 0 Å². The molecule has 2 aliphatic rings. The molecule has 0 bridgehead atoms. The van der Waals surface area contributed by atoms with Crippen LogP contribution in [0.5, 0.6) is 0 Å². The van der Waals surface area contributed by atoms with E-state index in [0.29, 0.717) is 13.1 Å². The molecule has 2 N–H and O–H groups in total. The maximum Gasteiger partial charge on any atom is 0.292 e. The Balaban J connectivity index is 1.31. The Morgan fingerprint density at radius 2 is 1.87 bits per heavy atom. The van der Waals surface area contributed by atoms with Gasteiger partial charge in [0, 0.05) is 36.6 Å². The lowest BCUT2D eigenvalue weighted by Gasteiger charge is -2.31. The van der Waals surface area contributed by atoms with Crippen molar-refractivity contribution < 1.29 is 14.1 Å². The molecule has 0 aliphatic carbocycles. The van der Waals surface area contributed by atoms with Crippen molar-refractivity contribution in [1.29, 1.82) is 0 Å². The van der Waals surface area contributed by atoms with Gasteiger partial charge in [-0.1, -0.05) is 28.9 Å². The minimum Gasteiger partial charge on any atom is -0.369 e. The topological polar surface area (TPSA) is 92.7 Å². The van der Waals surface area contributed by atoms with E-state index in [1.165, 1.54) is 5.56 Å². The third-order valence-corrected chi connectivity index (χ3v) is 6.43. The Kier molecular flexibility index (Phi) is 6.39. The van der Waals surface area contributed by atoms with Gasteiger partial charge in [-0.05, 0) is 56.5 Å². The fourth-order valence-corrected chi connectivity index (χ4v) is 4.49. The van der Waals surface area contributed by atoms with Crippen molar-refractivity contribution in [3.8, 4) is 0 Å². The molecule has 1 atom stereocenters. The summed E-state index contributed by atoms with van der Waals surface area (Å²) in [7, 11) is 0. The summed E-state index contributed by atoms with van der Waals surface area (Å²) < 4.78 is 5.38. The van der Waals surface area contributed by atoms with E-state index in [1.807, 2.05) is 12.1 Å². The first-order valence-corrected chi connectivity index (χ1v) is 10.9. The van der Waals surface area contributed by atoms with E-state index in [9.17, 15) is 9.59 Å². The van der Waals surface area contributed by atoms with Gasteiger partial charge in [0.1, 0.15) is 0 Å². The molecule has 1 aromatic heterocycles. The monoisotopic (exact) mass is 430 g/mol. The molecular formula is C22H27ClN4O3. The number of nitrogens with zero attached hydrogens (tertiary/aromatic N) is 3. The Bertz CT molecular complexity index is 890. The van der Waals surface area contributed by atoms with Crippen LogP contribution in [0.15, 0.2) is 34.9 Å². The zero-order valence-corrected chi connectivity index (χ0v) is 17.7. The van der Waals surface area contributed by atoms with Gasteiger partial charge in [-0.15, -0.1) is 0 Å². The van der Waals surface area contributed by atoms with Crippen LogP contribution in [-0.2, 0) is 11.3 Å². The van der Waals surface area contributed by atoms with Crippen LogP contribution in [0, 0.1) is 5.92 Å². The second-order valence-corrected chi connectivity index (χ2v) is 8.72. The van der Waals surface area contributed by atoms with Crippen LogP contribution in [0.4, 0.5) is 0 Å².